The number of aromatic nitrogens is 2. The Morgan fingerprint density at radius 3 is 2.58 bits per heavy atom. The summed E-state index contributed by atoms with van der Waals surface area (Å²) in [7, 11) is 0. The Morgan fingerprint density at radius 1 is 1.09 bits per heavy atom. The summed E-state index contributed by atoms with van der Waals surface area (Å²) in [5.41, 5.74) is 5.70. The first-order valence-corrected chi connectivity index (χ1v) is 12.2. The van der Waals surface area contributed by atoms with Crippen LogP contribution in [-0.2, 0) is 11.2 Å². The molecule has 5 heteroatoms. The Balaban J connectivity index is 1.47. The lowest BCUT2D eigenvalue weighted by molar-refractivity contribution is -0.116. The molecule has 1 aliphatic heterocycles. The van der Waals surface area contributed by atoms with Gasteiger partial charge >= 0.3 is 0 Å². The molecular weight excluding hydrogens is 410 g/mol. The van der Waals surface area contributed by atoms with Crippen LogP contribution in [0.3, 0.4) is 0 Å². The van der Waals surface area contributed by atoms with Crippen LogP contribution in [0.5, 0.6) is 0 Å². The van der Waals surface area contributed by atoms with E-state index < -0.39 is 5.92 Å². The second kappa shape index (κ2) is 8.97. The van der Waals surface area contributed by atoms with E-state index in [1.807, 2.05) is 31.2 Å². The number of amides is 1. The number of anilines is 1. The topological polar surface area (TPSA) is 64.0 Å². The quantitative estimate of drug-likeness (QED) is 0.487. The molecule has 3 aromatic rings. The van der Waals surface area contributed by atoms with Gasteiger partial charge in [-0.15, -0.1) is 0 Å². The van der Waals surface area contributed by atoms with Crippen molar-refractivity contribution < 1.29 is 9.59 Å². The molecule has 5 nitrogen and oxygen atoms in total. The molecule has 0 spiro atoms. The van der Waals surface area contributed by atoms with Gasteiger partial charge in [-0.05, 0) is 55.4 Å². The number of ketones is 1. The molecule has 170 valence electrons. The molecule has 2 aromatic carbocycles. The summed E-state index contributed by atoms with van der Waals surface area (Å²) in [5.74, 6) is 0.555. The minimum Gasteiger partial charge on any atom is -0.310 e. The second-order valence-electron chi connectivity index (χ2n) is 9.41. The fourth-order valence-corrected chi connectivity index (χ4v) is 5.42. The van der Waals surface area contributed by atoms with E-state index in [9.17, 15) is 9.59 Å². The lowest BCUT2D eigenvalue weighted by Crippen LogP contribution is -2.28. The number of Topliss-reactive ketones (excluding diaryl/α,β-unsaturated/α-hetero) is 1. The van der Waals surface area contributed by atoms with Gasteiger partial charge in [0.05, 0.1) is 17.3 Å². The Hall–Kier alpha value is -3.21. The van der Waals surface area contributed by atoms with E-state index in [0.717, 1.165) is 23.4 Å². The van der Waals surface area contributed by atoms with Crippen molar-refractivity contribution in [2.75, 3.05) is 5.32 Å². The fourth-order valence-electron chi connectivity index (χ4n) is 5.42. The standard InChI is InChI=1S/C28H31N3O2/c1-3-19-8-7-11-23(16-19)31-28-26(18(2)30-31)24(17-25(32)29-28)27(33)22-14-12-21(13-15-22)20-9-5-4-6-10-20/h7-8,11-16,20,24H,3-6,9-10,17H2,1-2H3,(H,29,32)/t24-/m1/s1. The van der Waals surface area contributed by atoms with Crippen molar-refractivity contribution in [3.05, 3.63) is 76.5 Å². The van der Waals surface area contributed by atoms with Gasteiger partial charge in [-0.2, -0.15) is 5.10 Å². The minimum atomic E-state index is -0.516. The first kappa shape index (κ1) is 21.6. The SMILES string of the molecule is CCc1cccc(-n2nc(C)c3c2NC(=O)C[C@H]3C(=O)c2ccc(C3CCCCC3)cc2)c1. The zero-order valence-corrected chi connectivity index (χ0v) is 19.4. The predicted molar refractivity (Wildman–Crippen MR) is 130 cm³/mol. The highest BCUT2D eigenvalue weighted by Gasteiger charge is 2.36. The molecular formula is C28H31N3O2. The summed E-state index contributed by atoms with van der Waals surface area (Å²) >= 11 is 0. The molecule has 1 saturated carbocycles. The van der Waals surface area contributed by atoms with Crippen LogP contribution in [0.1, 0.15) is 90.0 Å². The highest BCUT2D eigenvalue weighted by Crippen LogP contribution is 2.39. The van der Waals surface area contributed by atoms with Crippen molar-refractivity contribution in [3.8, 4) is 5.69 Å². The monoisotopic (exact) mass is 441 g/mol. The molecule has 1 aliphatic carbocycles. The Morgan fingerprint density at radius 2 is 1.85 bits per heavy atom. The molecule has 1 fully saturated rings. The molecule has 5 rings (SSSR count). The van der Waals surface area contributed by atoms with E-state index in [2.05, 4.69) is 36.5 Å². The van der Waals surface area contributed by atoms with Crippen LogP contribution in [0, 0.1) is 6.92 Å². The average Bonchev–Trinajstić information content (AvgIpc) is 3.19. The number of nitrogens with one attached hydrogen (secondary N) is 1. The van der Waals surface area contributed by atoms with Crippen LogP contribution < -0.4 is 5.32 Å². The van der Waals surface area contributed by atoms with Crippen LogP contribution in [0.25, 0.3) is 5.69 Å². The molecule has 2 heterocycles. The maximum absolute atomic E-state index is 13.6. The van der Waals surface area contributed by atoms with Gasteiger partial charge in [-0.3, -0.25) is 9.59 Å². The number of carbonyl (C=O) groups is 2. The molecule has 2 aliphatic rings. The number of nitrogens with zero attached hydrogens (tertiary/aromatic N) is 2. The smallest absolute Gasteiger partial charge is 0.226 e. The average molecular weight is 442 g/mol. The first-order valence-electron chi connectivity index (χ1n) is 12.2. The van der Waals surface area contributed by atoms with E-state index >= 15 is 0 Å². The lowest BCUT2D eigenvalue weighted by Gasteiger charge is -2.24. The number of aryl methyl sites for hydroxylation is 2. The minimum absolute atomic E-state index is 0.00810. The number of carbonyl (C=O) groups excluding carboxylic acids is 2. The van der Waals surface area contributed by atoms with E-state index in [0.29, 0.717) is 17.3 Å². The normalized spacial score (nSPS) is 18.6. The van der Waals surface area contributed by atoms with Gasteiger partial charge < -0.3 is 5.32 Å². The van der Waals surface area contributed by atoms with E-state index in [4.69, 9.17) is 5.10 Å². The molecule has 1 N–H and O–H groups in total. The van der Waals surface area contributed by atoms with Gasteiger partial charge in [0.2, 0.25) is 5.91 Å². The van der Waals surface area contributed by atoms with Crippen LogP contribution in [0.4, 0.5) is 5.82 Å². The number of rotatable bonds is 5. The molecule has 1 aromatic heterocycles. The molecule has 33 heavy (non-hydrogen) atoms. The van der Waals surface area contributed by atoms with Gasteiger partial charge in [-0.25, -0.2) is 4.68 Å². The van der Waals surface area contributed by atoms with Crippen LogP contribution in [0.15, 0.2) is 48.5 Å². The van der Waals surface area contributed by atoms with Crippen molar-refractivity contribution in [2.45, 2.75) is 70.6 Å². The summed E-state index contributed by atoms with van der Waals surface area (Å²) in [5, 5.41) is 7.71. The molecule has 1 amide bonds. The van der Waals surface area contributed by atoms with Gasteiger partial charge in [0, 0.05) is 17.5 Å². The number of benzene rings is 2. The van der Waals surface area contributed by atoms with Crippen LogP contribution in [0.2, 0.25) is 0 Å². The third kappa shape index (κ3) is 4.12. The molecule has 1 atom stereocenters. The second-order valence-corrected chi connectivity index (χ2v) is 9.41. The third-order valence-corrected chi connectivity index (χ3v) is 7.25. The zero-order valence-electron chi connectivity index (χ0n) is 19.4. The number of hydrogen-bond donors (Lipinski definition) is 1. The van der Waals surface area contributed by atoms with Crippen molar-refractivity contribution in [1.29, 1.82) is 0 Å². The van der Waals surface area contributed by atoms with Crippen molar-refractivity contribution in [2.24, 2.45) is 0 Å². The summed E-state index contributed by atoms with van der Waals surface area (Å²) < 4.78 is 1.77. The first-order chi connectivity index (χ1) is 16.0. The van der Waals surface area contributed by atoms with Gasteiger partial charge in [0.25, 0.3) is 0 Å². The summed E-state index contributed by atoms with van der Waals surface area (Å²) in [6, 6.07) is 16.2. The van der Waals surface area contributed by atoms with Crippen molar-refractivity contribution >= 4 is 17.5 Å². The van der Waals surface area contributed by atoms with Crippen molar-refractivity contribution in [3.63, 3.8) is 0 Å². The fraction of sp³-hybridized carbons (Fsp3) is 0.393. The van der Waals surface area contributed by atoms with Gasteiger partial charge in [-0.1, -0.05) is 62.6 Å². The van der Waals surface area contributed by atoms with E-state index in [-0.39, 0.29) is 18.1 Å². The Kier molecular flexibility index (Phi) is 5.88. The molecule has 0 saturated heterocycles. The third-order valence-electron chi connectivity index (χ3n) is 7.25. The molecule has 0 unspecified atom stereocenters. The zero-order chi connectivity index (χ0) is 22.9. The maximum atomic E-state index is 13.6. The molecule has 0 bridgehead atoms. The Labute approximate surface area is 195 Å². The van der Waals surface area contributed by atoms with Crippen molar-refractivity contribution in [1.82, 2.24) is 9.78 Å². The van der Waals surface area contributed by atoms with Crippen LogP contribution in [-0.4, -0.2) is 21.5 Å². The summed E-state index contributed by atoms with van der Waals surface area (Å²) in [6.45, 7) is 4.03. The highest BCUT2D eigenvalue weighted by atomic mass is 16.2. The van der Waals surface area contributed by atoms with Crippen LogP contribution >= 0.6 is 0 Å². The maximum Gasteiger partial charge on any atom is 0.226 e. The summed E-state index contributed by atoms with van der Waals surface area (Å²) in [4.78, 5) is 26.2. The van der Waals surface area contributed by atoms with E-state index in [1.165, 1.54) is 43.2 Å². The number of hydrogen-bond acceptors (Lipinski definition) is 3. The largest absolute Gasteiger partial charge is 0.310 e. The highest BCUT2D eigenvalue weighted by molar-refractivity contribution is 6.08. The van der Waals surface area contributed by atoms with Gasteiger partial charge in [0.1, 0.15) is 5.82 Å². The van der Waals surface area contributed by atoms with E-state index in [1.54, 1.807) is 4.68 Å². The number of fused-ring (bicyclic) bond motifs is 1. The Bertz CT molecular complexity index is 1190. The summed E-state index contributed by atoms with van der Waals surface area (Å²) in [6.07, 6.45) is 7.44. The lowest BCUT2D eigenvalue weighted by atomic mass is 9.82. The molecule has 0 radical (unpaired) electrons. The van der Waals surface area contributed by atoms with Gasteiger partial charge in [0.15, 0.2) is 5.78 Å². The predicted octanol–water partition coefficient (Wildman–Crippen LogP) is 6.10.